The lowest BCUT2D eigenvalue weighted by Gasteiger charge is -2.16. The lowest BCUT2D eigenvalue weighted by molar-refractivity contribution is 0.0932. The number of amides is 1. The third-order valence-electron chi connectivity index (χ3n) is 3.25. The summed E-state index contributed by atoms with van der Waals surface area (Å²) in [6, 6.07) is 6.84. The van der Waals surface area contributed by atoms with Gasteiger partial charge in [-0.1, -0.05) is 13.0 Å². The Balaban J connectivity index is 2.09. The van der Waals surface area contributed by atoms with Gasteiger partial charge < -0.3 is 15.8 Å². The zero-order valence-corrected chi connectivity index (χ0v) is 12.8. The number of aromatic nitrogens is 3. The molecule has 0 fully saturated rings. The summed E-state index contributed by atoms with van der Waals surface area (Å²) in [6.45, 7) is 2.84. The van der Waals surface area contributed by atoms with E-state index in [1.165, 1.54) is 6.33 Å². The minimum Gasteiger partial charge on any atom is -0.492 e. The Bertz CT molecular complexity index is 626. The number of ether oxygens (including phenoxy) is 1. The highest BCUT2D eigenvalue weighted by Gasteiger charge is 2.18. The van der Waals surface area contributed by atoms with Gasteiger partial charge in [0, 0.05) is 19.2 Å². The van der Waals surface area contributed by atoms with Crippen molar-refractivity contribution in [1.82, 2.24) is 20.1 Å². The summed E-state index contributed by atoms with van der Waals surface area (Å²) < 4.78 is 7.10. The van der Waals surface area contributed by atoms with Crippen LogP contribution in [0.5, 0.6) is 5.75 Å². The molecule has 0 bridgehead atoms. The molecule has 0 aliphatic rings. The Kier molecular flexibility index (Phi) is 5.48. The van der Waals surface area contributed by atoms with Gasteiger partial charge in [-0.05, 0) is 24.6 Å². The van der Waals surface area contributed by atoms with Gasteiger partial charge in [-0.25, -0.2) is 4.98 Å². The maximum absolute atomic E-state index is 12.4. The van der Waals surface area contributed by atoms with Crippen molar-refractivity contribution in [2.45, 2.75) is 19.4 Å². The molecule has 1 atom stereocenters. The number of hydrogen-bond acceptors (Lipinski definition) is 5. The fraction of sp³-hybridized carbons (Fsp3) is 0.400. The first-order valence-corrected chi connectivity index (χ1v) is 7.23. The molecule has 1 aromatic carbocycles. The van der Waals surface area contributed by atoms with Crippen molar-refractivity contribution < 1.29 is 9.53 Å². The van der Waals surface area contributed by atoms with E-state index in [0.29, 0.717) is 24.5 Å². The Hall–Kier alpha value is -2.41. The monoisotopic (exact) mass is 303 g/mol. The molecule has 0 aliphatic heterocycles. The van der Waals surface area contributed by atoms with Gasteiger partial charge in [0.2, 0.25) is 0 Å². The Morgan fingerprint density at radius 3 is 2.95 bits per heavy atom. The molecule has 0 radical (unpaired) electrons. The van der Waals surface area contributed by atoms with Crippen LogP contribution in [0, 0.1) is 0 Å². The standard InChI is InChI=1S/C15H21N5O2/c1-3-13(14-17-10-18-20(14)2)19-15(21)11-5-4-6-12(9-11)22-8-7-16/h4-6,9-10,13H,3,7-8,16H2,1-2H3,(H,19,21)/t13-/m1/s1. The molecule has 7 heteroatoms. The Morgan fingerprint density at radius 2 is 2.32 bits per heavy atom. The van der Waals surface area contributed by atoms with Gasteiger partial charge in [0.25, 0.3) is 5.91 Å². The van der Waals surface area contributed by atoms with Crippen molar-refractivity contribution in [2.75, 3.05) is 13.2 Å². The van der Waals surface area contributed by atoms with Crippen molar-refractivity contribution in [2.24, 2.45) is 12.8 Å². The molecule has 1 heterocycles. The average Bonchev–Trinajstić information content (AvgIpc) is 2.96. The van der Waals surface area contributed by atoms with Crippen LogP contribution in [0.15, 0.2) is 30.6 Å². The SMILES string of the molecule is CC[C@@H](NC(=O)c1cccc(OCCN)c1)c1ncnn1C. The first-order chi connectivity index (χ1) is 10.7. The van der Waals surface area contributed by atoms with Gasteiger partial charge in [-0.2, -0.15) is 5.10 Å². The summed E-state index contributed by atoms with van der Waals surface area (Å²) in [5.74, 6) is 1.18. The van der Waals surface area contributed by atoms with E-state index < -0.39 is 0 Å². The van der Waals surface area contributed by atoms with Crippen LogP contribution in [-0.4, -0.2) is 33.8 Å². The molecule has 2 aromatic rings. The molecule has 0 spiro atoms. The number of nitrogens with two attached hydrogens (primary N) is 1. The minimum atomic E-state index is -0.186. The quantitative estimate of drug-likeness (QED) is 0.796. The molecule has 1 amide bonds. The van der Waals surface area contributed by atoms with Gasteiger partial charge in [-0.3, -0.25) is 9.48 Å². The van der Waals surface area contributed by atoms with Crippen LogP contribution >= 0.6 is 0 Å². The van der Waals surface area contributed by atoms with Crippen molar-refractivity contribution in [3.63, 3.8) is 0 Å². The predicted octanol–water partition coefficient (Wildman–Crippen LogP) is 1.03. The van der Waals surface area contributed by atoms with E-state index in [1.54, 1.807) is 36.0 Å². The van der Waals surface area contributed by atoms with E-state index >= 15 is 0 Å². The van der Waals surface area contributed by atoms with Gasteiger partial charge >= 0.3 is 0 Å². The van der Waals surface area contributed by atoms with Crippen molar-refractivity contribution in [3.05, 3.63) is 42.0 Å². The summed E-state index contributed by atoms with van der Waals surface area (Å²) in [4.78, 5) is 16.6. The zero-order chi connectivity index (χ0) is 15.9. The van der Waals surface area contributed by atoms with Crippen LogP contribution in [-0.2, 0) is 7.05 Å². The second kappa shape index (κ2) is 7.56. The van der Waals surface area contributed by atoms with E-state index in [-0.39, 0.29) is 11.9 Å². The van der Waals surface area contributed by atoms with Crippen LogP contribution < -0.4 is 15.8 Å². The molecule has 118 valence electrons. The summed E-state index contributed by atoms with van der Waals surface area (Å²) in [7, 11) is 1.80. The molecule has 0 unspecified atom stereocenters. The normalized spacial score (nSPS) is 12.0. The molecule has 22 heavy (non-hydrogen) atoms. The minimum absolute atomic E-state index is 0.173. The highest BCUT2D eigenvalue weighted by molar-refractivity contribution is 5.94. The van der Waals surface area contributed by atoms with Crippen LogP contribution in [0.3, 0.4) is 0 Å². The molecule has 3 N–H and O–H groups in total. The lowest BCUT2D eigenvalue weighted by Crippen LogP contribution is -2.30. The number of aryl methyl sites for hydroxylation is 1. The number of nitrogens with zero attached hydrogens (tertiary/aromatic N) is 3. The third-order valence-corrected chi connectivity index (χ3v) is 3.25. The molecule has 0 aliphatic carbocycles. The highest BCUT2D eigenvalue weighted by atomic mass is 16.5. The van der Waals surface area contributed by atoms with E-state index in [0.717, 1.165) is 12.2 Å². The number of carbonyl (C=O) groups is 1. The summed E-state index contributed by atoms with van der Waals surface area (Å²) in [5.41, 5.74) is 5.94. The number of nitrogens with one attached hydrogen (secondary N) is 1. The third kappa shape index (κ3) is 3.82. The molecule has 1 aromatic heterocycles. The average molecular weight is 303 g/mol. The van der Waals surface area contributed by atoms with Crippen molar-refractivity contribution >= 4 is 5.91 Å². The molecule has 2 rings (SSSR count). The largest absolute Gasteiger partial charge is 0.492 e. The van der Waals surface area contributed by atoms with Crippen LogP contribution in [0.4, 0.5) is 0 Å². The Labute approximate surface area is 129 Å². The van der Waals surface area contributed by atoms with Crippen LogP contribution in [0.25, 0.3) is 0 Å². The summed E-state index contributed by atoms with van der Waals surface area (Å²) in [6.07, 6.45) is 2.20. The molecule has 7 nitrogen and oxygen atoms in total. The smallest absolute Gasteiger partial charge is 0.252 e. The Morgan fingerprint density at radius 1 is 1.50 bits per heavy atom. The van der Waals surface area contributed by atoms with Crippen LogP contribution in [0.2, 0.25) is 0 Å². The zero-order valence-electron chi connectivity index (χ0n) is 12.8. The highest BCUT2D eigenvalue weighted by Crippen LogP contribution is 2.16. The van der Waals surface area contributed by atoms with Crippen molar-refractivity contribution in [3.8, 4) is 5.75 Å². The molecule has 0 saturated heterocycles. The maximum atomic E-state index is 12.4. The number of rotatable bonds is 7. The van der Waals surface area contributed by atoms with Crippen LogP contribution in [0.1, 0.15) is 35.6 Å². The topological polar surface area (TPSA) is 95.1 Å². The first kappa shape index (κ1) is 16.0. The first-order valence-electron chi connectivity index (χ1n) is 7.23. The van der Waals surface area contributed by atoms with E-state index in [4.69, 9.17) is 10.5 Å². The van der Waals surface area contributed by atoms with E-state index in [9.17, 15) is 4.79 Å². The second-order valence-electron chi connectivity index (χ2n) is 4.84. The maximum Gasteiger partial charge on any atom is 0.252 e. The van der Waals surface area contributed by atoms with E-state index in [2.05, 4.69) is 15.4 Å². The van der Waals surface area contributed by atoms with Gasteiger partial charge in [0.15, 0.2) is 0 Å². The van der Waals surface area contributed by atoms with E-state index in [1.807, 2.05) is 6.92 Å². The molecule has 0 saturated carbocycles. The van der Waals surface area contributed by atoms with Gasteiger partial charge in [-0.15, -0.1) is 0 Å². The van der Waals surface area contributed by atoms with Gasteiger partial charge in [0.05, 0.1) is 6.04 Å². The second-order valence-corrected chi connectivity index (χ2v) is 4.84. The number of benzene rings is 1. The predicted molar refractivity (Wildman–Crippen MR) is 82.5 cm³/mol. The number of hydrogen-bond donors (Lipinski definition) is 2. The van der Waals surface area contributed by atoms with Crippen molar-refractivity contribution in [1.29, 1.82) is 0 Å². The molecular formula is C15H21N5O2. The summed E-state index contributed by atoms with van der Waals surface area (Å²) in [5, 5.41) is 7.00. The fourth-order valence-corrected chi connectivity index (χ4v) is 2.12. The summed E-state index contributed by atoms with van der Waals surface area (Å²) >= 11 is 0. The fourth-order valence-electron chi connectivity index (χ4n) is 2.12. The molecular weight excluding hydrogens is 282 g/mol. The lowest BCUT2D eigenvalue weighted by atomic mass is 10.1. The number of carbonyl (C=O) groups excluding carboxylic acids is 1. The van der Waals surface area contributed by atoms with Gasteiger partial charge in [0.1, 0.15) is 24.5 Å².